The lowest BCUT2D eigenvalue weighted by molar-refractivity contribution is 1.11. The van der Waals surface area contributed by atoms with Gasteiger partial charge in [-0.15, -0.1) is 17.9 Å². The molecule has 3 nitrogen and oxygen atoms in total. The van der Waals surface area contributed by atoms with Gasteiger partial charge < -0.3 is 0 Å². The van der Waals surface area contributed by atoms with Crippen LogP contribution in [-0.4, -0.2) is 15.0 Å². The van der Waals surface area contributed by atoms with Crippen molar-refractivity contribution in [1.29, 1.82) is 0 Å². The first-order valence-electron chi connectivity index (χ1n) is 13.0. The fraction of sp³-hybridized carbons (Fsp3) is 0.242. The molecule has 37 heavy (non-hydrogen) atoms. The Labute approximate surface area is 228 Å². The SMILES string of the molecule is C=CCC.CC.CC.Cc1cc(-c2ccccc2)nc(-c2ccccc2)n1.Cc1nc2ccccc2s1. The number of hydrogen-bond acceptors (Lipinski definition) is 4. The minimum Gasteiger partial charge on any atom is -0.242 e. The molecule has 0 saturated heterocycles. The molecule has 2 heterocycles. The largest absolute Gasteiger partial charge is 0.242 e. The maximum Gasteiger partial charge on any atom is 0.160 e. The zero-order valence-corrected chi connectivity index (χ0v) is 24.2. The molecule has 194 valence electrons. The summed E-state index contributed by atoms with van der Waals surface area (Å²) in [5.74, 6) is 0.777. The van der Waals surface area contributed by atoms with Gasteiger partial charge in [0.05, 0.1) is 20.9 Å². The van der Waals surface area contributed by atoms with E-state index in [2.05, 4.69) is 46.7 Å². The molecule has 0 aliphatic carbocycles. The zero-order chi connectivity index (χ0) is 27.5. The second-order valence-corrected chi connectivity index (χ2v) is 8.58. The van der Waals surface area contributed by atoms with Crippen molar-refractivity contribution in [2.75, 3.05) is 0 Å². The number of rotatable bonds is 3. The number of para-hydroxylation sites is 1. The molecule has 0 saturated carbocycles. The van der Waals surface area contributed by atoms with Gasteiger partial charge in [0.2, 0.25) is 0 Å². The molecule has 3 aromatic carbocycles. The smallest absolute Gasteiger partial charge is 0.160 e. The third-order valence-corrected chi connectivity index (χ3v) is 5.60. The lowest BCUT2D eigenvalue weighted by Crippen LogP contribution is -1.94. The average molecular weight is 512 g/mol. The van der Waals surface area contributed by atoms with Crippen molar-refractivity contribution in [3.63, 3.8) is 0 Å². The normalized spacial score (nSPS) is 9.16. The minimum absolute atomic E-state index is 0.777. The van der Waals surface area contributed by atoms with Gasteiger partial charge in [-0.25, -0.2) is 15.0 Å². The van der Waals surface area contributed by atoms with Crippen LogP contribution < -0.4 is 0 Å². The molecule has 0 unspecified atom stereocenters. The molecule has 0 N–H and O–H groups in total. The van der Waals surface area contributed by atoms with E-state index >= 15 is 0 Å². The second kappa shape index (κ2) is 18.6. The van der Waals surface area contributed by atoms with Crippen molar-refractivity contribution in [3.05, 3.63) is 114 Å². The van der Waals surface area contributed by atoms with Gasteiger partial charge in [-0.2, -0.15) is 0 Å². The van der Waals surface area contributed by atoms with Gasteiger partial charge in [-0.05, 0) is 38.5 Å². The molecule has 5 aromatic rings. The molecule has 0 atom stereocenters. The number of thiazole rings is 1. The average Bonchev–Trinajstić information content (AvgIpc) is 3.36. The summed E-state index contributed by atoms with van der Waals surface area (Å²) in [6.07, 6.45) is 2.96. The fourth-order valence-corrected chi connectivity index (χ4v) is 3.86. The topological polar surface area (TPSA) is 38.7 Å². The van der Waals surface area contributed by atoms with Crippen LogP contribution >= 0.6 is 11.3 Å². The molecule has 0 aliphatic rings. The van der Waals surface area contributed by atoms with E-state index in [1.807, 2.05) is 120 Å². The third kappa shape index (κ3) is 10.9. The number of benzene rings is 3. The van der Waals surface area contributed by atoms with Crippen molar-refractivity contribution in [1.82, 2.24) is 15.0 Å². The predicted octanol–water partition coefficient (Wildman–Crippen LogP) is 10.4. The highest BCUT2D eigenvalue weighted by atomic mass is 32.1. The first-order valence-corrected chi connectivity index (χ1v) is 13.8. The van der Waals surface area contributed by atoms with Gasteiger partial charge in [-0.1, -0.05) is 113 Å². The maximum atomic E-state index is 4.66. The van der Waals surface area contributed by atoms with Crippen molar-refractivity contribution < 1.29 is 0 Å². The van der Waals surface area contributed by atoms with Crippen LogP contribution in [-0.2, 0) is 0 Å². The van der Waals surface area contributed by atoms with E-state index in [-0.39, 0.29) is 0 Å². The molecule has 0 aliphatic heterocycles. The standard InChI is InChI=1S/C17H14N2.C8H7NS.C4H8.2C2H6/c1-13-12-16(14-8-4-2-5-9-14)19-17(18-13)15-10-6-3-7-11-15;1-6-9-7-4-2-3-5-8(7)10-6;1-3-4-2;2*1-2/h2-12H,1H3;2-5H,1H3;3H,1,4H2,2H3;2*1-2H3. The Bertz CT molecular complexity index is 1190. The Morgan fingerprint density at radius 1 is 0.703 bits per heavy atom. The Morgan fingerprint density at radius 2 is 1.22 bits per heavy atom. The number of nitrogens with zero attached hydrogens (tertiary/aromatic N) is 3. The van der Waals surface area contributed by atoms with E-state index in [1.54, 1.807) is 11.3 Å². The quantitative estimate of drug-likeness (QED) is 0.226. The van der Waals surface area contributed by atoms with Crippen LogP contribution in [0.4, 0.5) is 0 Å². The maximum absolute atomic E-state index is 4.66. The van der Waals surface area contributed by atoms with E-state index in [1.165, 1.54) is 4.70 Å². The Morgan fingerprint density at radius 3 is 1.76 bits per heavy atom. The Hall–Kier alpha value is -3.63. The first-order chi connectivity index (χ1) is 18.1. The van der Waals surface area contributed by atoms with E-state index in [9.17, 15) is 0 Å². The van der Waals surface area contributed by atoms with Crippen LogP contribution in [0.25, 0.3) is 32.9 Å². The fourth-order valence-electron chi connectivity index (χ4n) is 3.03. The van der Waals surface area contributed by atoms with Gasteiger partial charge in [0, 0.05) is 16.8 Å². The highest BCUT2D eigenvalue weighted by molar-refractivity contribution is 7.18. The van der Waals surface area contributed by atoms with Crippen LogP contribution in [0.5, 0.6) is 0 Å². The van der Waals surface area contributed by atoms with Crippen LogP contribution in [0.15, 0.2) is 104 Å². The third-order valence-electron chi connectivity index (χ3n) is 4.65. The zero-order valence-electron chi connectivity index (χ0n) is 23.4. The number of fused-ring (bicyclic) bond motifs is 1. The molecular weight excluding hydrogens is 470 g/mol. The second-order valence-electron chi connectivity index (χ2n) is 7.35. The van der Waals surface area contributed by atoms with Crippen LogP contribution in [0.2, 0.25) is 0 Å². The highest BCUT2D eigenvalue weighted by Gasteiger charge is 2.06. The number of hydrogen-bond donors (Lipinski definition) is 0. The summed E-state index contributed by atoms with van der Waals surface area (Å²) < 4.78 is 1.28. The number of aryl methyl sites for hydroxylation is 2. The summed E-state index contributed by atoms with van der Waals surface area (Å²) in [5.41, 5.74) is 5.22. The summed E-state index contributed by atoms with van der Waals surface area (Å²) >= 11 is 1.74. The van der Waals surface area contributed by atoms with Crippen LogP contribution in [0, 0.1) is 13.8 Å². The van der Waals surface area contributed by atoms with E-state index in [4.69, 9.17) is 0 Å². The molecule has 5 rings (SSSR count). The summed E-state index contributed by atoms with van der Waals surface area (Å²) in [7, 11) is 0. The summed E-state index contributed by atoms with van der Waals surface area (Å²) in [6.45, 7) is 17.6. The predicted molar refractivity (Wildman–Crippen MR) is 165 cm³/mol. The minimum atomic E-state index is 0.777. The molecule has 0 amide bonds. The number of aromatic nitrogens is 3. The summed E-state index contributed by atoms with van der Waals surface area (Å²) in [5, 5.41) is 1.14. The molecule has 0 bridgehead atoms. The molecular formula is C33H41N3S. The summed E-state index contributed by atoms with van der Waals surface area (Å²) in [6, 6.07) is 30.5. The van der Waals surface area contributed by atoms with E-state index < -0.39 is 0 Å². The van der Waals surface area contributed by atoms with E-state index in [0.717, 1.165) is 45.3 Å². The number of allylic oxidation sites excluding steroid dienone is 1. The van der Waals surface area contributed by atoms with Gasteiger partial charge in [-0.3, -0.25) is 0 Å². The Kier molecular flexibility index (Phi) is 15.8. The molecule has 2 aromatic heterocycles. The lowest BCUT2D eigenvalue weighted by atomic mass is 10.1. The lowest BCUT2D eigenvalue weighted by Gasteiger charge is -2.06. The van der Waals surface area contributed by atoms with E-state index in [0.29, 0.717) is 0 Å². The van der Waals surface area contributed by atoms with Crippen LogP contribution in [0.1, 0.15) is 51.7 Å². The first kappa shape index (κ1) is 31.4. The molecule has 0 spiro atoms. The van der Waals surface area contributed by atoms with Crippen LogP contribution in [0.3, 0.4) is 0 Å². The molecule has 4 heteroatoms. The van der Waals surface area contributed by atoms with Crippen molar-refractivity contribution in [2.24, 2.45) is 0 Å². The molecule has 0 fully saturated rings. The summed E-state index contributed by atoms with van der Waals surface area (Å²) in [4.78, 5) is 13.5. The Balaban J connectivity index is 0.000000319. The van der Waals surface area contributed by atoms with Gasteiger partial charge in [0.15, 0.2) is 5.82 Å². The monoisotopic (exact) mass is 511 g/mol. The van der Waals surface area contributed by atoms with Gasteiger partial charge >= 0.3 is 0 Å². The highest BCUT2D eigenvalue weighted by Crippen LogP contribution is 2.22. The van der Waals surface area contributed by atoms with Gasteiger partial charge in [0.1, 0.15) is 0 Å². The van der Waals surface area contributed by atoms with Crippen molar-refractivity contribution in [3.8, 4) is 22.6 Å². The molecule has 0 radical (unpaired) electrons. The van der Waals surface area contributed by atoms with Crippen molar-refractivity contribution in [2.45, 2.75) is 54.9 Å². The van der Waals surface area contributed by atoms with Gasteiger partial charge in [0.25, 0.3) is 0 Å². The van der Waals surface area contributed by atoms with Crippen molar-refractivity contribution >= 4 is 21.6 Å².